The van der Waals surface area contributed by atoms with Crippen molar-refractivity contribution in [1.29, 1.82) is 0 Å². The van der Waals surface area contributed by atoms with Crippen LogP contribution >= 0.6 is 23.2 Å². The Morgan fingerprint density at radius 3 is 2.81 bits per heavy atom. The van der Waals surface area contributed by atoms with Crippen molar-refractivity contribution < 1.29 is 14.1 Å². The average Bonchev–Trinajstić information content (AvgIpc) is 2.25. The van der Waals surface area contributed by atoms with Crippen molar-refractivity contribution in [3.05, 3.63) is 44.7 Å². The van der Waals surface area contributed by atoms with Gasteiger partial charge in [0.25, 0.3) is 0 Å². The molecule has 1 rings (SSSR count). The van der Waals surface area contributed by atoms with Crippen LogP contribution < -0.4 is 4.74 Å². The van der Waals surface area contributed by atoms with Crippen LogP contribution in [0.2, 0.25) is 0 Å². The zero-order valence-corrected chi connectivity index (χ0v) is 9.33. The van der Waals surface area contributed by atoms with E-state index in [2.05, 4.69) is 0 Å². The highest BCUT2D eigenvalue weighted by atomic mass is 35.5. The van der Waals surface area contributed by atoms with Gasteiger partial charge in [-0.3, -0.25) is 10.1 Å². The Labute approximate surface area is 100 Å². The van der Waals surface area contributed by atoms with Crippen LogP contribution in [0.4, 0.5) is 10.1 Å². The third-order valence-corrected chi connectivity index (χ3v) is 2.20. The van der Waals surface area contributed by atoms with Crippen molar-refractivity contribution in [1.82, 2.24) is 0 Å². The molecule has 0 aromatic heterocycles. The van der Waals surface area contributed by atoms with E-state index in [0.29, 0.717) is 0 Å². The molecule has 1 aromatic carbocycles. The lowest BCUT2D eigenvalue weighted by Gasteiger charge is -2.04. The van der Waals surface area contributed by atoms with E-state index in [4.69, 9.17) is 27.9 Å². The number of ether oxygens (including phenoxy) is 1. The van der Waals surface area contributed by atoms with Crippen molar-refractivity contribution in [2.75, 3.05) is 6.61 Å². The van der Waals surface area contributed by atoms with Gasteiger partial charge in [0.05, 0.1) is 9.96 Å². The SMILES string of the molecule is O=[N+]([O-])c1ccc(OCC(Cl)=CCl)cc1F. The molecule has 0 N–H and O–H groups in total. The number of nitrogens with zero attached hydrogens (tertiary/aromatic N) is 1. The predicted molar refractivity (Wildman–Crippen MR) is 58.3 cm³/mol. The Kier molecular flexibility index (Phi) is 4.52. The zero-order chi connectivity index (χ0) is 12.1. The molecule has 0 fully saturated rings. The van der Waals surface area contributed by atoms with Gasteiger partial charge in [-0.1, -0.05) is 23.2 Å². The van der Waals surface area contributed by atoms with Gasteiger partial charge in [-0.25, -0.2) is 0 Å². The van der Waals surface area contributed by atoms with E-state index in [1.54, 1.807) is 0 Å². The van der Waals surface area contributed by atoms with Crippen LogP contribution in [0.15, 0.2) is 28.8 Å². The molecular formula is C9H6Cl2FNO3. The first-order valence-corrected chi connectivity index (χ1v) is 4.87. The Hall–Kier alpha value is -1.33. The van der Waals surface area contributed by atoms with Crippen LogP contribution in [0.3, 0.4) is 0 Å². The second-order valence-electron chi connectivity index (χ2n) is 2.71. The van der Waals surface area contributed by atoms with E-state index in [0.717, 1.165) is 17.7 Å². The minimum absolute atomic E-state index is 0.0255. The molecule has 0 saturated heterocycles. The van der Waals surface area contributed by atoms with Crippen molar-refractivity contribution in [2.24, 2.45) is 0 Å². The van der Waals surface area contributed by atoms with Gasteiger partial charge in [0.15, 0.2) is 0 Å². The maximum Gasteiger partial charge on any atom is 0.305 e. The fraction of sp³-hybridized carbons (Fsp3) is 0.111. The molecule has 0 saturated carbocycles. The van der Waals surface area contributed by atoms with Gasteiger partial charge >= 0.3 is 5.69 Å². The summed E-state index contributed by atoms with van der Waals surface area (Å²) in [6, 6.07) is 3.21. The van der Waals surface area contributed by atoms with E-state index >= 15 is 0 Å². The van der Waals surface area contributed by atoms with Crippen LogP contribution in [0.25, 0.3) is 0 Å². The zero-order valence-electron chi connectivity index (χ0n) is 7.82. The summed E-state index contributed by atoms with van der Waals surface area (Å²) >= 11 is 10.8. The summed E-state index contributed by atoms with van der Waals surface area (Å²) in [4.78, 5) is 9.51. The maximum atomic E-state index is 13.1. The first-order chi connectivity index (χ1) is 7.54. The molecule has 0 amide bonds. The second kappa shape index (κ2) is 5.67. The molecule has 0 unspecified atom stereocenters. The third kappa shape index (κ3) is 3.36. The van der Waals surface area contributed by atoms with Crippen molar-refractivity contribution in [3.8, 4) is 5.75 Å². The van der Waals surface area contributed by atoms with E-state index in [-0.39, 0.29) is 17.4 Å². The number of nitro groups is 1. The van der Waals surface area contributed by atoms with Gasteiger partial charge < -0.3 is 4.74 Å². The number of nitro benzene ring substituents is 1. The van der Waals surface area contributed by atoms with E-state index in [9.17, 15) is 14.5 Å². The molecule has 0 radical (unpaired) electrons. The molecule has 0 aliphatic heterocycles. The number of halogens is 3. The first-order valence-electron chi connectivity index (χ1n) is 4.06. The number of hydrogen-bond donors (Lipinski definition) is 0. The molecule has 0 heterocycles. The fourth-order valence-corrected chi connectivity index (χ4v) is 1.03. The average molecular weight is 266 g/mol. The monoisotopic (exact) mass is 265 g/mol. The minimum Gasteiger partial charge on any atom is -0.488 e. The molecule has 0 spiro atoms. The normalized spacial score (nSPS) is 11.3. The number of hydrogen-bond acceptors (Lipinski definition) is 3. The Morgan fingerprint density at radius 2 is 2.31 bits per heavy atom. The first kappa shape index (κ1) is 12.7. The molecule has 0 aliphatic carbocycles. The number of rotatable bonds is 4. The standard InChI is InChI=1S/C9H6Cl2FNO3/c10-4-6(11)5-16-7-1-2-9(13(14)15)8(12)3-7/h1-4H,5H2. The molecule has 1 aromatic rings. The predicted octanol–water partition coefficient (Wildman–Crippen LogP) is 3.43. The van der Waals surface area contributed by atoms with Crippen molar-refractivity contribution >= 4 is 28.9 Å². The summed E-state index contributed by atoms with van der Waals surface area (Å²) in [5, 5.41) is 10.6. The van der Waals surface area contributed by atoms with Crippen LogP contribution in [0, 0.1) is 15.9 Å². The third-order valence-electron chi connectivity index (χ3n) is 1.61. The molecule has 0 atom stereocenters. The summed E-state index contributed by atoms with van der Waals surface area (Å²) < 4.78 is 18.1. The summed E-state index contributed by atoms with van der Waals surface area (Å²) in [6.45, 7) is -0.0255. The summed E-state index contributed by atoms with van der Waals surface area (Å²) in [5.41, 5.74) is 0.509. The molecule has 0 aliphatic rings. The molecule has 16 heavy (non-hydrogen) atoms. The van der Waals surface area contributed by atoms with Gasteiger partial charge in [-0.05, 0) is 6.07 Å². The highest BCUT2D eigenvalue weighted by Crippen LogP contribution is 2.22. The van der Waals surface area contributed by atoms with Crippen LogP contribution in [-0.4, -0.2) is 11.5 Å². The second-order valence-corrected chi connectivity index (χ2v) is 3.42. The molecule has 4 nitrogen and oxygen atoms in total. The van der Waals surface area contributed by atoms with Gasteiger partial charge in [-0.2, -0.15) is 4.39 Å². The van der Waals surface area contributed by atoms with E-state index < -0.39 is 16.4 Å². The smallest absolute Gasteiger partial charge is 0.305 e. The molecule has 0 bridgehead atoms. The highest BCUT2D eigenvalue weighted by Gasteiger charge is 2.14. The van der Waals surface area contributed by atoms with Gasteiger partial charge in [0.2, 0.25) is 5.82 Å². The lowest BCUT2D eigenvalue weighted by molar-refractivity contribution is -0.387. The van der Waals surface area contributed by atoms with Crippen LogP contribution in [0.1, 0.15) is 0 Å². The Balaban J connectivity index is 2.78. The van der Waals surface area contributed by atoms with Gasteiger partial charge in [0, 0.05) is 17.7 Å². The molecule has 7 heteroatoms. The topological polar surface area (TPSA) is 52.4 Å². The van der Waals surface area contributed by atoms with Gasteiger partial charge in [0.1, 0.15) is 12.4 Å². The maximum absolute atomic E-state index is 13.1. The molecular weight excluding hydrogens is 260 g/mol. The summed E-state index contributed by atoms with van der Waals surface area (Å²) in [6.07, 6.45) is 0. The minimum atomic E-state index is -0.964. The van der Waals surface area contributed by atoms with Crippen molar-refractivity contribution in [3.63, 3.8) is 0 Å². The Morgan fingerprint density at radius 1 is 1.62 bits per heavy atom. The quantitative estimate of drug-likeness (QED) is 0.619. The number of benzene rings is 1. The van der Waals surface area contributed by atoms with Crippen LogP contribution in [0.5, 0.6) is 5.75 Å². The summed E-state index contributed by atoms with van der Waals surface area (Å²) in [7, 11) is 0. The lowest BCUT2D eigenvalue weighted by Crippen LogP contribution is -1.98. The Bertz CT molecular complexity index is 437. The summed E-state index contributed by atoms with van der Waals surface area (Å²) in [5.74, 6) is -0.826. The van der Waals surface area contributed by atoms with E-state index in [1.165, 1.54) is 6.07 Å². The van der Waals surface area contributed by atoms with Crippen molar-refractivity contribution in [2.45, 2.75) is 0 Å². The van der Waals surface area contributed by atoms with Crippen LogP contribution in [-0.2, 0) is 0 Å². The highest BCUT2D eigenvalue weighted by molar-refractivity contribution is 6.36. The largest absolute Gasteiger partial charge is 0.488 e. The fourth-order valence-electron chi connectivity index (χ4n) is 0.909. The molecule has 86 valence electrons. The lowest BCUT2D eigenvalue weighted by atomic mass is 10.3. The van der Waals surface area contributed by atoms with E-state index in [1.807, 2.05) is 0 Å². The van der Waals surface area contributed by atoms with Gasteiger partial charge in [-0.15, -0.1) is 0 Å².